The van der Waals surface area contributed by atoms with Gasteiger partial charge in [0.25, 0.3) is 0 Å². The van der Waals surface area contributed by atoms with Crippen LogP contribution in [0.4, 0.5) is 10.1 Å². The summed E-state index contributed by atoms with van der Waals surface area (Å²) in [4.78, 5) is 0. The monoisotopic (exact) mass is 262 g/mol. The van der Waals surface area contributed by atoms with Crippen LogP contribution in [0, 0.1) is 5.82 Å². The van der Waals surface area contributed by atoms with Crippen molar-refractivity contribution >= 4 is 5.69 Å². The van der Waals surface area contributed by atoms with E-state index in [1.807, 2.05) is 18.2 Å². The third kappa shape index (κ3) is 4.15. The molecule has 0 saturated heterocycles. The van der Waals surface area contributed by atoms with Crippen molar-refractivity contribution in [3.8, 4) is 11.5 Å². The van der Waals surface area contributed by atoms with Gasteiger partial charge in [-0.15, -0.1) is 0 Å². The Bertz CT molecular complexity index is 534. The first kappa shape index (κ1) is 13.2. The molecule has 0 saturated carbocycles. The molecule has 0 heterocycles. The van der Waals surface area contributed by atoms with Gasteiger partial charge in [-0.25, -0.2) is 4.39 Å². The molecule has 0 unspecified atom stereocenters. The van der Waals surface area contributed by atoms with Gasteiger partial charge in [0.15, 0.2) is 0 Å². The molecule has 2 aromatic carbocycles. The summed E-state index contributed by atoms with van der Waals surface area (Å²) in [5.41, 5.74) is 3.30. The van der Waals surface area contributed by atoms with Gasteiger partial charge < -0.3 is 14.9 Å². The van der Waals surface area contributed by atoms with Crippen LogP contribution in [-0.4, -0.2) is 13.2 Å². The van der Waals surface area contributed by atoms with E-state index >= 15 is 0 Å². The van der Waals surface area contributed by atoms with Crippen molar-refractivity contribution in [2.45, 2.75) is 0 Å². The molecule has 0 amide bonds. The van der Waals surface area contributed by atoms with Gasteiger partial charge in [-0.3, -0.25) is 5.84 Å². The zero-order chi connectivity index (χ0) is 13.5. The van der Waals surface area contributed by atoms with Gasteiger partial charge in [0, 0.05) is 12.1 Å². The molecule has 0 fully saturated rings. The Morgan fingerprint density at radius 1 is 0.947 bits per heavy atom. The lowest BCUT2D eigenvalue weighted by molar-refractivity contribution is 0.216. The number of rotatable bonds is 6. The Hall–Kier alpha value is -2.27. The van der Waals surface area contributed by atoms with E-state index < -0.39 is 0 Å². The minimum atomic E-state index is -0.319. The molecule has 0 aliphatic carbocycles. The summed E-state index contributed by atoms with van der Waals surface area (Å²) in [6.45, 7) is 0.703. The van der Waals surface area contributed by atoms with Crippen molar-refractivity contribution in [3.63, 3.8) is 0 Å². The van der Waals surface area contributed by atoms with Crippen LogP contribution >= 0.6 is 0 Å². The number of hydrogen-bond acceptors (Lipinski definition) is 4. The van der Waals surface area contributed by atoms with E-state index in [0.29, 0.717) is 24.7 Å². The number of nitrogen functional groups attached to an aromatic ring is 1. The van der Waals surface area contributed by atoms with E-state index in [1.54, 1.807) is 18.2 Å². The highest BCUT2D eigenvalue weighted by atomic mass is 19.1. The summed E-state index contributed by atoms with van der Waals surface area (Å²) in [7, 11) is 0. The number of anilines is 1. The van der Waals surface area contributed by atoms with Crippen molar-refractivity contribution in [2.24, 2.45) is 5.84 Å². The lowest BCUT2D eigenvalue weighted by Gasteiger charge is -2.09. The van der Waals surface area contributed by atoms with Gasteiger partial charge in [0.05, 0.1) is 5.69 Å². The predicted octanol–water partition coefficient (Wildman–Crippen LogP) is 2.57. The number of nitrogens with two attached hydrogens (primary N) is 1. The average Bonchev–Trinajstić information content (AvgIpc) is 2.44. The largest absolute Gasteiger partial charge is 0.490 e. The quantitative estimate of drug-likeness (QED) is 0.477. The van der Waals surface area contributed by atoms with E-state index in [2.05, 4.69) is 5.43 Å². The topological polar surface area (TPSA) is 56.5 Å². The van der Waals surface area contributed by atoms with Gasteiger partial charge in [-0.1, -0.05) is 12.1 Å². The molecule has 0 aliphatic heterocycles. The number of halogens is 1. The van der Waals surface area contributed by atoms with Crippen LogP contribution < -0.4 is 20.7 Å². The normalized spacial score (nSPS) is 10.0. The molecule has 2 rings (SSSR count). The summed E-state index contributed by atoms with van der Waals surface area (Å²) in [6, 6.07) is 13.3. The molecule has 19 heavy (non-hydrogen) atoms. The van der Waals surface area contributed by atoms with Crippen molar-refractivity contribution in [3.05, 3.63) is 54.3 Å². The van der Waals surface area contributed by atoms with Crippen molar-refractivity contribution < 1.29 is 13.9 Å². The summed E-state index contributed by atoms with van der Waals surface area (Å²) < 4.78 is 23.7. The number of hydrogen-bond donors (Lipinski definition) is 2. The standard InChI is InChI=1S/C14H15FN2O2/c15-11-3-1-5-13(9-11)18-7-8-19-14-6-2-4-12(10-14)17-16/h1-6,9-10,17H,7-8,16H2. The first-order chi connectivity index (χ1) is 9.28. The fourth-order valence-electron chi connectivity index (χ4n) is 1.55. The van der Waals surface area contributed by atoms with Gasteiger partial charge in [0.2, 0.25) is 0 Å². The van der Waals surface area contributed by atoms with Gasteiger partial charge >= 0.3 is 0 Å². The summed E-state index contributed by atoms with van der Waals surface area (Å²) in [6.07, 6.45) is 0. The molecule has 0 aliphatic rings. The minimum absolute atomic E-state index is 0.319. The maximum Gasteiger partial charge on any atom is 0.126 e. The molecule has 5 heteroatoms. The highest BCUT2D eigenvalue weighted by Crippen LogP contribution is 2.16. The second-order valence-electron chi connectivity index (χ2n) is 3.83. The third-order valence-electron chi connectivity index (χ3n) is 2.42. The van der Waals surface area contributed by atoms with E-state index in [1.165, 1.54) is 12.1 Å². The summed E-state index contributed by atoms with van der Waals surface area (Å²) in [5, 5.41) is 0. The zero-order valence-corrected chi connectivity index (χ0v) is 10.3. The van der Waals surface area contributed by atoms with E-state index in [4.69, 9.17) is 15.3 Å². The van der Waals surface area contributed by atoms with Crippen LogP contribution in [0.2, 0.25) is 0 Å². The molecule has 4 nitrogen and oxygen atoms in total. The second kappa shape index (κ2) is 6.61. The number of nitrogens with one attached hydrogen (secondary N) is 1. The first-order valence-electron chi connectivity index (χ1n) is 5.86. The van der Waals surface area contributed by atoms with Gasteiger partial charge in [-0.05, 0) is 24.3 Å². The highest BCUT2D eigenvalue weighted by molar-refractivity contribution is 5.46. The maximum atomic E-state index is 12.9. The molecule has 0 bridgehead atoms. The molecular weight excluding hydrogens is 247 g/mol. The molecule has 0 spiro atoms. The smallest absolute Gasteiger partial charge is 0.126 e. The van der Waals surface area contributed by atoms with Crippen molar-refractivity contribution in [1.29, 1.82) is 0 Å². The van der Waals surface area contributed by atoms with Gasteiger partial charge in [-0.2, -0.15) is 0 Å². The molecule has 100 valence electrons. The average molecular weight is 262 g/mol. The van der Waals surface area contributed by atoms with E-state index in [9.17, 15) is 4.39 Å². The number of benzene rings is 2. The Balaban J connectivity index is 1.77. The number of ether oxygens (including phenoxy) is 2. The molecule has 0 atom stereocenters. The first-order valence-corrected chi connectivity index (χ1v) is 5.86. The van der Waals surface area contributed by atoms with E-state index in [-0.39, 0.29) is 5.82 Å². The zero-order valence-electron chi connectivity index (χ0n) is 10.3. The lowest BCUT2D eigenvalue weighted by Crippen LogP contribution is -2.10. The fourth-order valence-corrected chi connectivity index (χ4v) is 1.55. The van der Waals surface area contributed by atoms with Crippen LogP contribution in [0.25, 0.3) is 0 Å². The van der Waals surface area contributed by atoms with Gasteiger partial charge in [0.1, 0.15) is 30.5 Å². The van der Waals surface area contributed by atoms with Crippen LogP contribution in [-0.2, 0) is 0 Å². The van der Waals surface area contributed by atoms with Crippen molar-refractivity contribution in [2.75, 3.05) is 18.6 Å². The molecule has 2 aromatic rings. The minimum Gasteiger partial charge on any atom is -0.490 e. The summed E-state index contributed by atoms with van der Waals surface area (Å²) in [5.74, 6) is 6.16. The van der Waals surface area contributed by atoms with Crippen LogP contribution in [0.1, 0.15) is 0 Å². The maximum absolute atomic E-state index is 12.9. The molecule has 0 radical (unpaired) electrons. The Morgan fingerprint density at radius 3 is 2.21 bits per heavy atom. The molecular formula is C14H15FN2O2. The van der Waals surface area contributed by atoms with Crippen LogP contribution in [0.3, 0.4) is 0 Å². The Labute approximate surface area is 110 Å². The molecule has 0 aromatic heterocycles. The highest BCUT2D eigenvalue weighted by Gasteiger charge is 1.98. The third-order valence-corrected chi connectivity index (χ3v) is 2.42. The Morgan fingerprint density at radius 2 is 1.58 bits per heavy atom. The lowest BCUT2D eigenvalue weighted by atomic mass is 10.3. The number of hydrazine groups is 1. The van der Waals surface area contributed by atoms with E-state index in [0.717, 1.165) is 5.69 Å². The SMILES string of the molecule is NNc1cccc(OCCOc2cccc(F)c2)c1. The van der Waals surface area contributed by atoms with Crippen molar-refractivity contribution in [1.82, 2.24) is 0 Å². The predicted molar refractivity (Wildman–Crippen MR) is 71.6 cm³/mol. The molecule has 3 N–H and O–H groups in total. The fraction of sp³-hybridized carbons (Fsp3) is 0.143. The second-order valence-corrected chi connectivity index (χ2v) is 3.83. The summed E-state index contributed by atoms with van der Waals surface area (Å²) >= 11 is 0. The van der Waals surface area contributed by atoms with Crippen LogP contribution in [0.15, 0.2) is 48.5 Å². The van der Waals surface area contributed by atoms with Crippen LogP contribution in [0.5, 0.6) is 11.5 Å². The Kier molecular flexibility index (Phi) is 4.58.